The summed E-state index contributed by atoms with van der Waals surface area (Å²) in [5.74, 6) is 0. The fourth-order valence-electron chi connectivity index (χ4n) is 3.47. The molecule has 1 aromatic rings. The van der Waals surface area contributed by atoms with Gasteiger partial charge in [-0.2, -0.15) is 5.10 Å². The zero-order chi connectivity index (χ0) is 11.0. The van der Waals surface area contributed by atoms with Crippen molar-refractivity contribution in [1.82, 2.24) is 15.1 Å². The van der Waals surface area contributed by atoms with E-state index in [4.69, 9.17) is 0 Å². The molecule has 0 bridgehead atoms. The van der Waals surface area contributed by atoms with E-state index in [1.54, 1.807) is 0 Å². The van der Waals surface area contributed by atoms with E-state index in [2.05, 4.69) is 22.0 Å². The fraction of sp³-hybridized carbons (Fsp3) is 0.769. The largest absolute Gasteiger partial charge is 0.292 e. The summed E-state index contributed by atoms with van der Waals surface area (Å²) in [4.78, 5) is 2.73. The predicted molar refractivity (Wildman–Crippen MR) is 64.3 cm³/mol. The molecule has 88 valence electrons. The maximum atomic E-state index is 4.18. The first-order valence-corrected chi connectivity index (χ1v) is 6.62. The summed E-state index contributed by atoms with van der Waals surface area (Å²) >= 11 is 0. The smallest absolute Gasteiger partial charge is 0.0553 e. The van der Waals surface area contributed by atoms with Gasteiger partial charge in [0.25, 0.3) is 0 Å². The summed E-state index contributed by atoms with van der Waals surface area (Å²) in [5.41, 5.74) is 2.69. The van der Waals surface area contributed by atoms with E-state index in [1.165, 1.54) is 56.3 Å². The van der Waals surface area contributed by atoms with Crippen molar-refractivity contribution in [2.45, 2.75) is 57.5 Å². The Morgan fingerprint density at radius 1 is 1.25 bits per heavy atom. The molecule has 0 aromatic carbocycles. The summed E-state index contributed by atoms with van der Waals surface area (Å²) in [6.07, 6.45) is 10.3. The average Bonchev–Trinajstić information content (AvgIpc) is 2.95. The molecule has 0 amide bonds. The van der Waals surface area contributed by atoms with Crippen molar-refractivity contribution in [3.05, 3.63) is 17.5 Å². The van der Waals surface area contributed by atoms with Crippen molar-refractivity contribution in [3.8, 4) is 0 Å². The highest BCUT2D eigenvalue weighted by atomic mass is 15.2. The van der Waals surface area contributed by atoms with Gasteiger partial charge >= 0.3 is 0 Å². The molecule has 1 aliphatic carbocycles. The van der Waals surface area contributed by atoms with Gasteiger partial charge in [0.05, 0.1) is 17.9 Å². The number of nitrogens with zero attached hydrogens (tertiary/aromatic N) is 2. The maximum Gasteiger partial charge on any atom is 0.0553 e. The van der Waals surface area contributed by atoms with Crippen molar-refractivity contribution in [1.29, 1.82) is 0 Å². The van der Waals surface area contributed by atoms with E-state index in [1.807, 2.05) is 6.20 Å². The highest BCUT2D eigenvalue weighted by molar-refractivity contribution is 5.19. The molecule has 1 aromatic heterocycles. The molecule has 3 nitrogen and oxygen atoms in total. The van der Waals surface area contributed by atoms with E-state index in [-0.39, 0.29) is 0 Å². The van der Waals surface area contributed by atoms with Crippen molar-refractivity contribution in [2.75, 3.05) is 6.54 Å². The van der Waals surface area contributed by atoms with Gasteiger partial charge in [0.1, 0.15) is 0 Å². The standard InChI is InChI=1S/C13H21N3/c1-10-9-14-15-13(10)12-7-4-8-16(12)11-5-2-3-6-11/h9,11-12H,2-8H2,1H3,(H,14,15). The first-order valence-electron chi connectivity index (χ1n) is 6.62. The van der Waals surface area contributed by atoms with E-state index in [9.17, 15) is 0 Å². The summed E-state index contributed by atoms with van der Waals surface area (Å²) in [6.45, 7) is 3.46. The SMILES string of the molecule is Cc1cn[nH]c1C1CCCN1C1CCCC1. The molecule has 1 saturated carbocycles. The Kier molecular flexibility index (Phi) is 2.72. The lowest BCUT2D eigenvalue weighted by molar-refractivity contribution is 0.179. The minimum atomic E-state index is 0.616. The first-order chi connectivity index (χ1) is 7.86. The van der Waals surface area contributed by atoms with Gasteiger partial charge in [0, 0.05) is 6.04 Å². The normalized spacial score (nSPS) is 27.9. The van der Waals surface area contributed by atoms with Crippen molar-refractivity contribution in [2.24, 2.45) is 0 Å². The molecule has 1 N–H and O–H groups in total. The highest BCUT2D eigenvalue weighted by Crippen LogP contribution is 2.38. The molecule has 2 fully saturated rings. The monoisotopic (exact) mass is 219 g/mol. The number of nitrogens with one attached hydrogen (secondary N) is 1. The van der Waals surface area contributed by atoms with Gasteiger partial charge in [0.2, 0.25) is 0 Å². The quantitative estimate of drug-likeness (QED) is 0.829. The molecule has 1 atom stereocenters. The molecular formula is C13H21N3. The number of rotatable bonds is 2. The van der Waals surface area contributed by atoms with Crippen LogP contribution in [0.15, 0.2) is 6.20 Å². The topological polar surface area (TPSA) is 31.9 Å². The molecule has 3 rings (SSSR count). The second-order valence-corrected chi connectivity index (χ2v) is 5.30. The van der Waals surface area contributed by atoms with Gasteiger partial charge in [-0.15, -0.1) is 0 Å². The van der Waals surface area contributed by atoms with E-state index < -0.39 is 0 Å². The molecule has 3 heteroatoms. The molecule has 1 aliphatic heterocycles. The van der Waals surface area contributed by atoms with Crippen LogP contribution in [0.5, 0.6) is 0 Å². The Morgan fingerprint density at radius 3 is 2.75 bits per heavy atom. The van der Waals surface area contributed by atoms with E-state index >= 15 is 0 Å². The van der Waals surface area contributed by atoms with Gasteiger partial charge in [0.15, 0.2) is 0 Å². The van der Waals surface area contributed by atoms with Crippen LogP contribution in [0, 0.1) is 6.92 Å². The molecule has 2 aliphatic rings. The number of H-pyrrole nitrogens is 1. The van der Waals surface area contributed by atoms with Crippen LogP contribution in [0.2, 0.25) is 0 Å². The summed E-state index contributed by atoms with van der Waals surface area (Å²) in [6, 6.07) is 1.46. The zero-order valence-corrected chi connectivity index (χ0v) is 10.1. The molecular weight excluding hydrogens is 198 g/mol. The first kappa shape index (κ1) is 10.3. The summed E-state index contributed by atoms with van der Waals surface area (Å²) < 4.78 is 0. The Morgan fingerprint density at radius 2 is 2.06 bits per heavy atom. The molecule has 16 heavy (non-hydrogen) atoms. The minimum absolute atomic E-state index is 0.616. The van der Waals surface area contributed by atoms with Crippen molar-refractivity contribution < 1.29 is 0 Å². The van der Waals surface area contributed by atoms with E-state index in [0.29, 0.717) is 6.04 Å². The van der Waals surface area contributed by atoms with Gasteiger partial charge in [-0.3, -0.25) is 10.00 Å². The van der Waals surface area contributed by atoms with Gasteiger partial charge < -0.3 is 0 Å². The second-order valence-electron chi connectivity index (χ2n) is 5.30. The fourth-order valence-corrected chi connectivity index (χ4v) is 3.47. The Balaban J connectivity index is 1.81. The highest BCUT2D eigenvalue weighted by Gasteiger charge is 2.34. The van der Waals surface area contributed by atoms with Crippen LogP contribution in [-0.2, 0) is 0 Å². The van der Waals surface area contributed by atoms with Crippen molar-refractivity contribution >= 4 is 0 Å². The Labute approximate surface area is 97.2 Å². The number of hydrogen-bond donors (Lipinski definition) is 1. The third kappa shape index (κ3) is 1.67. The van der Waals surface area contributed by atoms with Crippen LogP contribution in [0.25, 0.3) is 0 Å². The lowest BCUT2D eigenvalue weighted by atomic mass is 10.1. The van der Waals surface area contributed by atoms with Gasteiger partial charge in [-0.25, -0.2) is 0 Å². The van der Waals surface area contributed by atoms with Crippen LogP contribution < -0.4 is 0 Å². The molecule has 0 radical (unpaired) electrons. The van der Waals surface area contributed by atoms with Crippen LogP contribution in [-0.4, -0.2) is 27.7 Å². The molecule has 1 unspecified atom stereocenters. The third-order valence-corrected chi connectivity index (χ3v) is 4.29. The van der Waals surface area contributed by atoms with Crippen LogP contribution in [0.1, 0.15) is 55.8 Å². The number of aromatic nitrogens is 2. The number of hydrogen-bond acceptors (Lipinski definition) is 2. The predicted octanol–water partition coefficient (Wildman–Crippen LogP) is 2.80. The third-order valence-electron chi connectivity index (χ3n) is 4.29. The molecule has 0 spiro atoms. The van der Waals surface area contributed by atoms with Crippen molar-refractivity contribution in [3.63, 3.8) is 0 Å². The lowest BCUT2D eigenvalue weighted by Gasteiger charge is -2.30. The number of aromatic amines is 1. The maximum absolute atomic E-state index is 4.18. The van der Waals surface area contributed by atoms with Crippen LogP contribution in [0.4, 0.5) is 0 Å². The van der Waals surface area contributed by atoms with E-state index in [0.717, 1.165) is 6.04 Å². The van der Waals surface area contributed by atoms with Gasteiger partial charge in [-0.05, 0) is 44.7 Å². The Bertz CT molecular complexity index is 352. The minimum Gasteiger partial charge on any atom is -0.292 e. The number of likely N-dealkylation sites (tertiary alicyclic amines) is 1. The summed E-state index contributed by atoms with van der Waals surface area (Å²) in [5, 5.41) is 7.38. The lowest BCUT2D eigenvalue weighted by Crippen LogP contribution is -2.33. The number of aryl methyl sites for hydroxylation is 1. The molecule has 1 saturated heterocycles. The molecule has 2 heterocycles. The average molecular weight is 219 g/mol. The van der Waals surface area contributed by atoms with Crippen LogP contribution in [0.3, 0.4) is 0 Å². The summed E-state index contributed by atoms with van der Waals surface area (Å²) in [7, 11) is 0. The zero-order valence-electron chi connectivity index (χ0n) is 10.1. The van der Waals surface area contributed by atoms with Crippen LogP contribution >= 0.6 is 0 Å². The second kappa shape index (κ2) is 4.21. The van der Waals surface area contributed by atoms with Gasteiger partial charge in [-0.1, -0.05) is 12.8 Å². The Hall–Kier alpha value is -0.830.